The summed E-state index contributed by atoms with van der Waals surface area (Å²) in [5, 5.41) is 3.85. The first-order valence-electron chi connectivity index (χ1n) is 7.36. The smallest absolute Gasteiger partial charge is 0.255 e. The molecule has 0 fully saturated rings. The van der Waals surface area contributed by atoms with E-state index in [2.05, 4.69) is 10.3 Å². The van der Waals surface area contributed by atoms with E-state index in [4.69, 9.17) is 0 Å². The Balaban J connectivity index is 1.65. The predicted molar refractivity (Wildman–Crippen MR) is 99.9 cm³/mol. The topological polar surface area (TPSA) is 46.9 Å². The molecule has 0 unspecified atom stereocenters. The van der Waals surface area contributed by atoms with Crippen LogP contribution in [0.5, 0.6) is 0 Å². The third-order valence-electron chi connectivity index (χ3n) is 3.45. The van der Waals surface area contributed by atoms with Crippen LogP contribution in [-0.4, -0.2) is 21.7 Å². The number of amides is 1. The predicted octanol–water partition coefficient (Wildman–Crippen LogP) is 4.55. The van der Waals surface area contributed by atoms with Gasteiger partial charge in [0.1, 0.15) is 0 Å². The Morgan fingerprint density at radius 3 is 2.29 bits per heavy atom. The molecule has 0 aliphatic carbocycles. The molecule has 6 heteroatoms. The molecule has 3 rings (SSSR count). The zero-order valence-corrected chi connectivity index (χ0v) is 15.0. The molecule has 2 aromatic carbocycles. The molecule has 0 aliphatic heterocycles. The van der Waals surface area contributed by atoms with Crippen LogP contribution in [0.2, 0.25) is 0 Å². The minimum atomic E-state index is -0.104. The Kier molecular flexibility index (Phi) is 5.27. The van der Waals surface area contributed by atoms with Crippen molar-refractivity contribution in [2.45, 2.75) is 14.9 Å². The average Bonchev–Trinajstić information content (AvgIpc) is 3.01. The van der Waals surface area contributed by atoms with Crippen molar-refractivity contribution in [2.75, 3.05) is 11.6 Å². The van der Waals surface area contributed by atoms with E-state index in [1.165, 1.54) is 0 Å². The van der Waals surface area contributed by atoms with Gasteiger partial charge in [0.25, 0.3) is 5.91 Å². The van der Waals surface area contributed by atoms with Crippen LogP contribution in [0.3, 0.4) is 0 Å². The Morgan fingerprint density at radius 1 is 1.04 bits per heavy atom. The molecule has 0 saturated carbocycles. The van der Waals surface area contributed by atoms with Gasteiger partial charge in [0, 0.05) is 40.5 Å². The van der Waals surface area contributed by atoms with Crippen molar-refractivity contribution in [1.29, 1.82) is 0 Å². The van der Waals surface area contributed by atoms with Crippen molar-refractivity contribution >= 4 is 35.1 Å². The number of rotatable bonds is 5. The SMILES string of the molecule is CSc1ccc(C(=O)Nc2ccc(Sc3nccn3C)cc2)cc1. The van der Waals surface area contributed by atoms with Crippen molar-refractivity contribution in [3.63, 3.8) is 0 Å². The molecule has 0 aliphatic rings. The van der Waals surface area contributed by atoms with E-state index in [1.807, 2.05) is 72.6 Å². The maximum atomic E-state index is 12.3. The molecule has 24 heavy (non-hydrogen) atoms. The van der Waals surface area contributed by atoms with Crippen LogP contribution in [0.1, 0.15) is 10.4 Å². The van der Waals surface area contributed by atoms with Crippen LogP contribution in [-0.2, 0) is 7.05 Å². The summed E-state index contributed by atoms with van der Waals surface area (Å²) in [6.07, 6.45) is 5.71. The van der Waals surface area contributed by atoms with E-state index in [0.29, 0.717) is 5.56 Å². The minimum absolute atomic E-state index is 0.104. The number of hydrogen-bond acceptors (Lipinski definition) is 4. The number of anilines is 1. The van der Waals surface area contributed by atoms with Crippen molar-refractivity contribution in [3.8, 4) is 0 Å². The molecular formula is C18H17N3OS2. The fourth-order valence-corrected chi connectivity index (χ4v) is 3.32. The summed E-state index contributed by atoms with van der Waals surface area (Å²) >= 11 is 3.24. The molecule has 0 radical (unpaired) electrons. The highest BCUT2D eigenvalue weighted by Gasteiger charge is 2.07. The van der Waals surface area contributed by atoms with Crippen LogP contribution in [0.15, 0.2) is 75.9 Å². The average molecular weight is 355 g/mol. The van der Waals surface area contributed by atoms with Gasteiger partial charge in [-0.3, -0.25) is 4.79 Å². The summed E-state index contributed by atoms with van der Waals surface area (Å²) in [7, 11) is 1.96. The van der Waals surface area contributed by atoms with Gasteiger partial charge in [0.05, 0.1) is 0 Å². The lowest BCUT2D eigenvalue weighted by molar-refractivity contribution is 0.102. The van der Waals surface area contributed by atoms with Gasteiger partial charge in [-0.05, 0) is 54.8 Å². The quantitative estimate of drug-likeness (QED) is 0.682. The number of nitrogens with zero attached hydrogens (tertiary/aromatic N) is 2. The first-order valence-corrected chi connectivity index (χ1v) is 9.40. The molecule has 0 atom stereocenters. The maximum absolute atomic E-state index is 12.3. The second-order valence-electron chi connectivity index (χ2n) is 5.13. The second kappa shape index (κ2) is 7.59. The van der Waals surface area contributed by atoms with Gasteiger partial charge < -0.3 is 9.88 Å². The Morgan fingerprint density at radius 2 is 1.71 bits per heavy atom. The lowest BCUT2D eigenvalue weighted by atomic mass is 10.2. The molecule has 122 valence electrons. The van der Waals surface area contributed by atoms with E-state index in [-0.39, 0.29) is 5.91 Å². The molecule has 4 nitrogen and oxygen atoms in total. The number of benzene rings is 2. The van der Waals surface area contributed by atoms with E-state index in [0.717, 1.165) is 20.6 Å². The van der Waals surface area contributed by atoms with Crippen molar-refractivity contribution < 1.29 is 4.79 Å². The molecule has 1 N–H and O–H groups in total. The summed E-state index contributed by atoms with van der Waals surface area (Å²) in [4.78, 5) is 18.8. The number of carbonyl (C=O) groups excluding carboxylic acids is 1. The normalized spacial score (nSPS) is 10.6. The molecule has 1 heterocycles. The number of nitrogens with one attached hydrogen (secondary N) is 1. The fraction of sp³-hybridized carbons (Fsp3) is 0.111. The zero-order chi connectivity index (χ0) is 16.9. The standard InChI is InChI=1S/C18H17N3OS2/c1-21-12-11-19-18(21)24-16-9-5-14(6-10-16)20-17(22)13-3-7-15(23-2)8-4-13/h3-12H,1-2H3,(H,20,22). The minimum Gasteiger partial charge on any atom is -0.329 e. The van der Waals surface area contributed by atoms with Crippen LogP contribution < -0.4 is 5.32 Å². The number of thioether (sulfide) groups is 1. The largest absolute Gasteiger partial charge is 0.329 e. The lowest BCUT2D eigenvalue weighted by Gasteiger charge is -2.07. The Bertz CT molecular complexity index is 826. The molecule has 0 bridgehead atoms. The molecule has 0 spiro atoms. The van der Waals surface area contributed by atoms with Gasteiger partial charge in [0.15, 0.2) is 5.16 Å². The molecule has 3 aromatic rings. The van der Waals surface area contributed by atoms with Crippen LogP contribution in [0, 0.1) is 0 Å². The molecule has 1 amide bonds. The van der Waals surface area contributed by atoms with Gasteiger partial charge in [0.2, 0.25) is 0 Å². The molecule has 0 saturated heterocycles. The van der Waals surface area contributed by atoms with Crippen LogP contribution >= 0.6 is 23.5 Å². The van der Waals surface area contributed by atoms with Gasteiger partial charge in [-0.1, -0.05) is 11.8 Å². The third kappa shape index (κ3) is 4.01. The Labute approximate surface area is 149 Å². The van der Waals surface area contributed by atoms with E-state index >= 15 is 0 Å². The summed E-state index contributed by atoms with van der Waals surface area (Å²) < 4.78 is 1.97. The number of aryl methyl sites for hydroxylation is 1. The highest BCUT2D eigenvalue weighted by molar-refractivity contribution is 7.99. The third-order valence-corrected chi connectivity index (χ3v) is 5.28. The second-order valence-corrected chi connectivity index (χ2v) is 7.05. The first-order chi connectivity index (χ1) is 11.7. The van der Waals surface area contributed by atoms with Gasteiger partial charge in [-0.15, -0.1) is 11.8 Å². The Hall–Kier alpha value is -2.18. The summed E-state index contributed by atoms with van der Waals surface area (Å²) in [6, 6.07) is 15.3. The van der Waals surface area contributed by atoms with Crippen molar-refractivity contribution in [2.24, 2.45) is 7.05 Å². The van der Waals surface area contributed by atoms with Crippen molar-refractivity contribution in [1.82, 2.24) is 9.55 Å². The highest BCUT2D eigenvalue weighted by atomic mass is 32.2. The fourth-order valence-electron chi connectivity index (χ4n) is 2.11. The van der Waals surface area contributed by atoms with E-state index in [9.17, 15) is 4.79 Å². The molecular weight excluding hydrogens is 338 g/mol. The number of hydrogen-bond donors (Lipinski definition) is 1. The van der Waals surface area contributed by atoms with Gasteiger partial charge >= 0.3 is 0 Å². The monoisotopic (exact) mass is 355 g/mol. The van der Waals surface area contributed by atoms with Gasteiger partial charge in [-0.25, -0.2) is 4.98 Å². The zero-order valence-electron chi connectivity index (χ0n) is 13.4. The molecule has 1 aromatic heterocycles. The maximum Gasteiger partial charge on any atom is 0.255 e. The van der Waals surface area contributed by atoms with Crippen molar-refractivity contribution in [3.05, 3.63) is 66.5 Å². The number of carbonyl (C=O) groups is 1. The number of aromatic nitrogens is 2. The summed E-state index contributed by atoms with van der Waals surface area (Å²) in [6.45, 7) is 0. The summed E-state index contributed by atoms with van der Waals surface area (Å²) in [5.74, 6) is -0.104. The van der Waals surface area contributed by atoms with Crippen LogP contribution in [0.4, 0.5) is 5.69 Å². The number of imidazole rings is 1. The van der Waals surface area contributed by atoms with Crippen LogP contribution in [0.25, 0.3) is 0 Å². The van der Waals surface area contributed by atoms with Gasteiger partial charge in [-0.2, -0.15) is 0 Å². The van der Waals surface area contributed by atoms with E-state index in [1.54, 1.807) is 29.7 Å². The first kappa shape index (κ1) is 16.7. The van der Waals surface area contributed by atoms with E-state index < -0.39 is 0 Å². The summed E-state index contributed by atoms with van der Waals surface area (Å²) in [5.41, 5.74) is 1.43. The highest BCUT2D eigenvalue weighted by Crippen LogP contribution is 2.27. The lowest BCUT2D eigenvalue weighted by Crippen LogP contribution is -2.11.